The van der Waals surface area contributed by atoms with Crippen molar-refractivity contribution in [3.63, 3.8) is 0 Å². The summed E-state index contributed by atoms with van der Waals surface area (Å²) in [5.41, 5.74) is -0.409. The molecule has 0 bridgehead atoms. The van der Waals surface area contributed by atoms with Gasteiger partial charge in [-0.3, -0.25) is 10.1 Å². The van der Waals surface area contributed by atoms with Crippen molar-refractivity contribution in [2.24, 2.45) is 0 Å². The highest BCUT2D eigenvalue weighted by Crippen LogP contribution is 2.36. The van der Waals surface area contributed by atoms with Crippen LogP contribution in [0.1, 0.15) is 50.6 Å². The molecular weight excluding hydrogens is 300 g/mol. The van der Waals surface area contributed by atoms with Crippen LogP contribution in [0.4, 0.5) is 0 Å². The number of nitrogens with one attached hydrogen (secondary N) is 1. The van der Waals surface area contributed by atoms with Crippen molar-refractivity contribution >= 4 is 29.0 Å². The van der Waals surface area contributed by atoms with Gasteiger partial charge in [0.25, 0.3) is 0 Å². The summed E-state index contributed by atoms with van der Waals surface area (Å²) in [7, 11) is 0. The van der Waals surface area contributed by atoms with Gasteiger partial charge in [0, 0.05) is 16.7 Å². The molecule has 3 heterocycles. The topological polar surface area (TPSA) is 32.3 Å². The third-order valence-electron chi connectivity index (χ3n) is 4.69. The summed E-state index contributed by atoms with van der Waals surface area (Å²) in [6.45, 7) is 5.02. The van der Waals surface area contributed by atoms with Gasteiger partial charge in [0.2, 0.25) is 5.91 Å². The number of carbonyl (C=O) groups is 1. The van der Waals surface area contributed by atoms with Gasteiger partial charge in [0.15, 0.2) is 0 Å². The highest BCUT2D eigenvalue weighted by molar-refractivity contribution is 7.99. The molecule has 1 aromatic rings. The summed E-state index contributed by atoms with van der Waals surface area (Å²) in [6, 6.07) is 4.21. The van der Waals surface area contributed by atoms with Crippen LogP contribution >= 0.6 is 23.1 Å². The third-order valence-corrected chi connectivity index (χ3v) is 7.00. The maximum absolute atomic E-state index is 12.9. The quantitative estimate of drug-likeness (QED) is 0.918. The van der Waals surface area contributed by atoms with Crippen LogP contribution in [-0.4, -0.2) is 33.9 Å². The second kappa shape index (κ2) is 6.31. The molecule has 2 fully saturated rings. The fourth-order valence-electron chi connectivity index (χ4n) is 3.16. The standard InChI is InChI=1S/C16H24N2OS2/c1-3-16(2)15(19)18(11-12-7-4-5-9-20-12)14(17-16)13-8-6-10-21-13/h6,8,10,12,14,17H,3-5,7,9,11H2,1-2H3. The first kappa shape index (κ1) is 15.4. The van der Waals surface area contributed by atoms with E-state index in [2.05, 4.69) is 34.7 Å². The third kappa shape index (κ3) is 3.01. The predicted molar refractivity (Wildman–Crippen MR) is 90.7 cm³/mol. The molecule has 2 saturated heterocycles. The summed E-state index contributed by atoms with van der Waals surface area (Å²) in [5, 5.41) is 6.28. The summed E-state index contributed by atoms with van der Waals surface area (Å²) in [6.07, 6.45) is 4.78. The van der Waals surface area contributed by atoms with Gasteiger partial charge in [-0.2, -0.15) is 11.8 Å². The Morgan fingerprint density at radius 3 is 2.95 bits per heavy atom. The first-order valence-corrected chi connectivity index (χ1v) is 9.80. The average Bonchev–Trinajstić information content (AvgIpc) is 3.11. The molecule has 1 amide bonds. The van der Waals surface area contributed by atoms with Gasteiger partial charge in [-0.05, 0) is 43.4 Å². The van der Waals surface area contributed by atoms with Gasteiger partial charge in [-0.25, -0.2) is 0 Å². The summed E-state index contributed by atoms with van der Waals surface area (Å²) in [5.74, 6) is 1.52. The smallest absolute Gasteiger partial charge is 0.244 e. The molecule has 21 heavy (non-hydrogen) atoms. The van der Waals surface area contributed by atoms with Crippen molar-refractivity contribution in [2.45, 2.75) is 56.5 Å². The SMILES string of the molecule is CCC1(C)NC(c2cccs2)N(CC2CCCCS2)C1=O. The van der Waals surface area contributed by atoms with Crippen molar-refractivity contribution in [2.75, 3.05) is 12.3 Å². The molecule has 3 atom stereocenters. The fraction of sp³-hybridized carbons (Fsp3) is 0.688. The minimum atomic E-state index is -0.409. The fourth-order valence-corrected chi connectivity index (χ4v) is 5.25. The summed E-state index contributed by atoms with van der Waals surface area (Å²) in [4.78, 5) is 16.2. The van der Waals surface area contributed by atoms with E-state index in [9.17, 15) is 4.79 Å². The van der Waals surface area contributed by atoms with Crippen LogP contribution in [0.5, 0.6) is 0 Å². The Bertz CT molecular complexity index is 484. The number of nitrogens with zero attached hydrogens (tertiary/aromatic N) is 1. The van der Waals surface area contributed by atoms with Crippen molar-refractivity contribution in [1.82, 2.24) is 10.2 Å². The van der Waals surface area contributed by atoms with Crippen molar-refractivity contribution in [1.29, 1.82) is 0 Å². The molecule has 3 nitrogen and oxygen atoms in total. The van der Waals surface area contributed by atoms with E-state index in [1.165, 1.54) is 29.9 Å². The van der Waals surface area contributed by atoms with Crippen molar-refractivity contribution in [3.8, 4) is 0 Å². The molecular formula is C16H24N2OS2. The molecule has 0 spiro atoms. The zero-order valence-electron chi connectivity index (χ0n) is 12.8. The first-order chi connectivity index (χ1) is 10.1. The molecule has 5 heteroatoms. The highest BCUT2D eigenvalue weighted by atomic mass is 32.2. The zero-order valence-corrected chi connectivity index (χ0v) is 14.4. The molecule has 3 rings (SSSR count). The lowest BCUT2D eigenvalue weighted by atomic mass is 9.99. The minimum absolute atomic E-state index is 0.0602. The molecule has 1 N–H and O–H groups in total. The average molecular weight is 325 g/mol. The number of hydrogen-bond donors (Lipinski definition) is 1. The van der Waals surface area contributed by atoms with E-state index >= 15 is 0 Å². The Morgan fingerprint density at radius 2 is 2.33 bits per heavy atom. The van der Waals surface area contributed by atoms with Crippen molar-refractivity contribution < 1.29 is 4.79 Å². The van der Waals surface area contributed by atoms with Crippen LogP contribution in [0.15, 0.2) is 17.5 Å². The number of carbonyl (C=O) groups excluding carboxylic acids is 1. The predicted octanol–water partition coefficient (Wildman–Crippen LogP) is 3.63. The number of thioether (sulfide) groups is 1. The van der Waals surface area contributed by atoms with Gasteiger partial charge < -0.3 is 4.90 Å². The van der Waals surface area contributed by atoms with Crippen LogP contribution in [0.2, 0.25) is 0 Å². The summed E-state index contributed by atoms with van der Waals surface area (Å²) < 4.78 is 0. The van der Waals surface area contributed by atoms with E-state index in [-0.39, 0.29) is 12.1 Å². The number of rotatable bonds is 4. The second-order valence-electron chi connectivity index (χ2n) is 6.19. The van der Waals surface area contributed by atoms with E-state index < -0.39 is 5.54 Å². The van der Waals surface area contributed by atoms with E-state index in [1.807, 2.05) is 18.7 Å². The molecule has 2 aliphatic rings. The number of thiophene rings is 1. The lowest BCUT2D eigenvalue weighted by Gasteiger charge is -2.30. The zero-order chi connectivity index (χ0) is 14.9. The molecule has 2 aliphatic heterocycles. The van der Waals surface area contributed by atoms with Gasteiger partial charge in [0.05, 0.1) is 5.54 Å². The first-order valence-electron chi connectivity index (χ1n) is 7.88. The minimum Gasteiger partial charge on any atom is -0.319 e. The molecule has 3 unspecified atom stereocenters. The van der Waals surface area contributed by atoms with Gasteiger partial charge in [-0.1, -0.05) is 19.4 Å². The molecule has 0 aliphatic carbocycles. The maximum atomic E-state index is 12.9. The van der Waals surface area contributed by atoms with Crippen LogP contribution in [0.25, 0.3) is 0 Å². The molecule has 1 aromatic heterocycles. The molecule has 116 valence electrons. The molecule has 0 saturated carbocycles. The number of amides is 1. The Kier molecular flexibility index (Phi) is 4.62. The Hall–Kier alpha value is -0.520. The highest BCUT2D eigenvalue weighted by Gasteiger charge is 2.48. The lowest BCUT2D eigenvalue weighted by Crippen LogP contribution is -2.43. The van der Waals surface area contributed by atoms with Gasteiger partial charge in [-0.15, -0.1) is 11.3 Å². The second-order valence-corrected chi connectivity index (χ2v) is 8.58. The molecule has 0 aromatic carbocycles. The normalized spacial score (nSPS) is 33.6. The van der Waals surface area contributed by atoms with Crippen LogP contribution < -0.4 is 5.32 Å². The monoisotopic (exact) mass is 324 g/mol. The Labute approximate surface area is 135 Å². The van der Waals surface area contributed by atoms with Crippen LogP contribution in [-0.2, 0) is 4.79 Å². The van der Waals surface area contributed by atoms with Gasteiger partial charge >= 0.3 is 0 Å². The van der Waals surface area contributed by atoms with E-state index in [0.717, 1.165) is 13.0 Å². The van der Waals surface area contributed by atoms with E-state index in [0.29, 0.717) is 5.25 Å². The van der Waals surface area contributed by atoms with Gasteiger partial charge in [0.1, 0.15) is 6.17 Å². The summed E-state index contributed by atoms with van der Waals surface area (Å²) >= 11 is 3.78. The lowest BCUT2D eigenvalue weighted by molar-refractivity contribution is -0.133. The Morgan fingerprint density at radius 1 is 1.48 bits per heavy atom. The van der Waals surface area contributed by atoms with E-state index in [4.69, 9.17) is 0 Å². The number of hydrogen-bond acceptors (Lipinski definition) is 4. The van der Waals surface area contributed by atoms with Crippen LogP contribution in [0, 0.1) is 0 Å². The maximum Gasteiger partial charge on any atom is 0.244 e. The van der Waals surface area contributed by atoms with Crippen LogP contribution in [0.3, 0.4) is 0 Å². The molecule has 0 radical (unpaired) electrons. The van der Waals surface area contributed by atoms with E-state index in [1.54, 1.807) is 11.3 Å². The Balaban J connectivity index is 1.81. The largest absolute Gasteiger partial charge is 0.319 e. The van der Waals surface area contributed by atoms with Crippen molar-refractivity contribution in [3.05, 3.63) is 22.4 Å².